The number of nitrogens with one attached hydrogen (secondary N) is 4. The van der Waals surface area contributed by atoms with Gasteiger partial charge in [0.2, 0.25) is 23.6 Å². The first-order valence-electron chi connectivity index (χ1n) is 42.0. The molecule has 31 heteroatoms. The Hall–Kier alpha value is -9.09. The van der Waals surface area contributed by atoms with Gasteiger partial charge in [-0.3, -0.25) is 57.5 Å². The van der Waals surface area contributed by atoms with E-state index in [0.29, 0.717) is 214 Å². The van der Waals surface area contributed by atoms with Crippen LogP contribution in [0.15, 0.2) is 138 Å². The van der Waals surface area contributed by atoms with Crippen molar-refractivity contribution in [3.63, 3.8) is 0 Å². The largest absolute Gasteiger partial charge is 0.465 e. The molecule has 1 rings (SSSR count). The first kappa shape index (κ1) is 115. The van der Waals surface area contributed by atoms with Crippen LogP contribution in [0.4, 0.5) is 0 Å². The number of ether oxygens (including phenoxy) is 11. The summed E-state index contributed by atoms with van der Waals surface area (Å²) < 4.78 is 64.4. The first-order valence-corrected chi connectivity index (χ1v) is 42.0. The fraction of sp³-hybridized carbons (Fsp3) is 0.593. The summed E-state index contributed by atoms with van der Waals surface area (Å²) in [6.07, 6.45) is 24.3. The zero-order valence-electron chi connectivity index (χ0n) is 72.5. The summed E-state index contributed by atoms with van der Waals surface area (Å²) >= 11 is 0. The lowest BCUT2D eigenvalue weighted by Gasteiger charge is -2.33. The summed E-state index contributed by atoms with van der Waals surface area (Å²) in [6, 6.07) is 6.50. The number of unbranched alkanes of at least 4 members (excludes halogenated alkanes) is 6. The van der Waals surface area contributed by atoms with Gasteiger partial charge in [0.15, 0.2) is 40.5 Å². The van der Waals surface area contributed by atoms with Crippen molar-refractivity contribution in [1.82, 2.24) is 21.3 Å². The Morgan fingerprint density at radius 1 is 0.295 bits per heavy atom. The van der Waals surface area contributed by atoms with E-state index in [1.165, 1.54) is 54.7 Å². The standard InChI is InChI=1S/C36H52N2O9.C31H51N3O9.C24H40N2O6/c1-4-29(39)15-9-11-22-44-25-36(26-45-23-12-10-16-30(40)5-2,27-46-24-14-21-38-34(42)6-3)28-47-35(43)32-18-8-7-17-31(32)33(41)19-13-20-37;1-4-26(35)12-7-9-19-40-22-31(23-41-20-10-8-13-27(36)5-2,24-42-21-11-17-33-28(37)6-3)25-43-30(39)15-14-29(38)34-18-16-32;1-4-21(27)12-7-9-15-30-18-24(25,19-31-16-10-8-13-22(28)5-2)20-32-17-11-14-26-23(29)6-3/h4-8,17-18H,1-3,9-16,19-28,37H2,(H,38,42);4-6H,1-3,7-25,32H2,(H,33,37)(H,34,38);4-6H,1-3,7-20,25H2,(H,26,29). The molecule has 0 aliphatic carbocycles. The van der Waals surface area contributed by atoms with E-state index in [9.17, 15) is 62.3 Å². The lowest BCUT2D eigenvalue weighted by atomic mass is 9.92. The van der Waals surface area contributed by atoms with Crippen LogP contribution in [-0.4, -0.2) is 253 Å². The minimum atomic E-state index is -0.924. The van der Waals surface area contributed by atoms with Crippen LogP contribution in [0.1, 0.15) is 181 Å². The van der Waals surface area contributed by atoms with Crippen LogP contribution in [-0.2, 0) is 105 Å². The van der Waals surface area contributed by atoms with Crippen molar-refractivity contribution in [1.29, 1.82) is 0 Å². The molecular weight excluding hydrogens is 1580 g/mol. The monoisotopic (exact) mass is 1720 g/mol. The Kier molecular flexibility index (Phi) is 73.4. The van der Waals surface area contributed by atoms with Crippen LogP contribution in [0, 0.1) is 10.8 Å². The first-order chi connectivity index (χ1) is 58.8. The average Bonchev–Trinajstić information content (AvgIpc) is 0.835. The van der Waals surface area contributed by atoms with Gasteiger partial charge in [-0.05, 0) is 170 Å². The molecule has 10 N–H and O–H groups in total. The van der Waals surface area contributed by atoms with Crippen molar-refractivity contribution in [3.8, 4) is 0 Å². The Morgan fingerprint density at radius 2 is 0.582 bits per heavy atom. The minimum absolute atomic E-state index is 0.0269. The molecule has 31 nitrogen and oxygen atoms in total. The maximum atomic E-state index is 13.4. The number of ketones is 7. The van der Waals surface area contributed by atoms with Gasteiger partial charge >= 0.3 is 11.9 Å². The SMILES string of the molecule is C=CC(=O)CCCCOCC(COCCCCC(=O)C=C)(COCCCNC(=O)C=C)COC(=O)CCC(=O)NCCN.C=CC(=O)CCCCOCC(COCCCCC(=O)C=C)(COCCCNC(=O)C=C)COC(=O)c1ccccc1C(=O)CCCN.C=CC(=O)CCCCOCC(N)(COCCCCC(=O)C=C)COCCCNC(=O)C=C. The predicted octanol–water partition coefficient (Wildman–Crippen LogP) is 8.59. The molecule has 0 saturated heterocycles. The Balaban J connectivity index is 0. The van der Waals surface area contributed by atoms with Crippen molar-refractivity contribution in [2.75, 3.05) is 171 Å². The smallest absolute Gasteiger partial charge is 0.338 e. The highest BCUT2D eigenvalue weighted by molar-refractivity contribution is 6.06. The average molecular weight is 1720 g/mol. The highest BCUT2D eigenvalue weighted by atomic mass is 16.6. The molecule has 0 fully saturated rings. The lowest BCUT2D eigenvalue weighted by molar-refractivity contribution is -0.157. The number of rotatable bonds is 83. The molecule has 0 heterocycles. The van der Waals surface area contributed by atoms with Crippen molar-refractivity contribution in [2.24, 2.45) is 28.0 Å². The number of esters is 2. The van der Waals surface area contributed by atoms with Crippen molar-refractivity contribution in [2.45, 2.75) is 166 Å². The van der Waals surface area contributed by atoms with Crippen LogP contribution >= 0.6 is 0 Å². The molecule has 0 aliphatic heterocycles. The van der Waals surface area contributed by atoms with Gasteiger partial charge in [-0.2, -0.15) is 0 Å². The molecule has 0 aliphatic rings. The Bertz CT molecular complexity index is 3050. The Morgan fingerprint density at radius 3 is 0.869 bits per heavy atom. The number of carbonyl (C=O) groups is 13. The number of hydrogen-bond acceptors (Lipinski definition) is 27. The van der Waals surface area contributed by atoms with Gasteiger partial charge < -0.3 is 90.6 Å². The molecule has 0 aromatic heterocycles. The van der Waals surface area contributed by atoms with Crippen LogP contribution < -0.4 is 38.5 Å². The van der Waals surface area contributed by atoms with Gasteiger partial charge in [-0.1, -0.05) is 77.4 Å². The van der Waals surface area contributed by atoms with Crippen LogP contribution in [0.5, 0.6) is 0 Å². The quantitative estimate of drug-likeness (QED) is 0.0139. The molecule has 0 atom stereocenters. The van der Waals surface area contributed by atoms with Crippen LogP contribution in [0.3, 0.4) is 0 Å². The van der Waals surface area contributed by atoms with E-state index in [1.54, 1.807) is 24.3 Å². The van der Waals surface area contributed by atoms with Gasteiger partial charge in [0, 0.05) is 149 Å². The number of Topliss-reactive ketones (excluding diaryl/α,β-unsaturated/α-hetero) is 1. The zero-order chi connectivity index (χ0) is 91.0. The highest BCUT2D eigenvalue weighted by Gasteiger charge is 2.36. The predicted molar refractivity (Wildman–Crippen MR) is 469 cm³/mol. The number of allylic oxidation sites excluding steroid dienone is 6. The molecule has 1 aromatic rings. The zero-order valence-corrected chi connectivity index (χ0v) is 72.5. The molecule has 122 heavy (non-hydrogen) atoms. The summed E-state index contributed by atoms with van der Waals surface area (Å²) in [7, 11) is 0. The molecule has 0 spiro atoms. The molecule has 686 valence electrons. The number of carbonyl (C=O) groups excluding carboxylic acids is 13. The van der Waals surface area contributed by atoms with Crippen LogP contribution in [0.25, 0.3) is 0 Å². The maximum Gasteiger partial charge on any atom is 0.338 e. The van der Waals surface area contributed by atoms with E-state index >= 15 is 0 Å². The summed E-state index contributed by atoms with van der Waals surface area (Å²) in [5, 5.41) is 10.7. The van der Waals surface area contributed by atoms with E-state index in [4.69, 9.17) is 69.3 Å². The topological polar surface area (TPSA) is 450 Å². The van der Waals surface area contributed by atoms with E-state index < -0.39 is 28.3 Å². The lowest BCUT2D eigenvalue weighted by Crippen LogP contribution is -2.53. The summed E-state index contributed by atoms with van der Waals surface area (Å²) in [6.45, 7) is 38.2. The molecule has 0 saturated carbocycles. The number of nitrogens with two attached hydrogens (primary N) is 3. The molecule has 4 amide bonds. The van der Waals surface area contributed by atoms with Crippen molar-refractivity contribution >= 4 is 76.1 Å². The number of hydrogen-bond donors (Lipinski definition) is 7. The fourth-order valence-electron chi connectivity index (χ4n) is 10.6. The third-order valence-electron chi connectivity index (χ3n) is 17.7. The van der Waals surface area contributed by atoms with Crippen molar-refractivity contribution < 1.29 is 114 Å². The van der Waals surface area contributed by atoms with E-state index in [2.05, 4.69) is 80.5 Å². The van der Waals surface area contributed by atoms with Gasteiger partial charge in [-0.15, -0.1) is 0 Å². The summed E-state index contributed by atoms with van der Waals surface area (Å²) in [5.74, 6) is -2.55. The summed E-state index contributed by atoms with van der Waals surface area (Å²) in [5.41, 5.74) is 15.2. The second-order valence-corrected chi connectivity index (χ2v) is 28.9. The van der Waals surface area contributed by atoms with Gasteiger partial charge in [0.1, 0.15) is 13.2 Å². The van der Waals surface area contributed by atoms with Gasteiger partial charge in [0.25, 0.3) is 0 Å². The molecule has 0 unspecified atom stereocenters. The molecule has 1 aromatic carbocycles. The van der Waals surface area contributed by atoms with Crippen molar-refractivity contribution in [3.05, 3.63) is 149 Å². The van der Waals surface area contributed by atoms with E-state index in [1.807, 2.05) is 0 Å². The minimum Gasteiger partial charge on any atom is -0.465 e. The number of benzene rings is 1. The second-order valence-electron chi connectivity index (χ2n) is 28.9. The maximum absolute atomic E-state index is 13.4. The Labute approximate surface area is 723 Å². The van der Waals surface area contributed by atoms with Crippen LogP contribution in [0.2, 0.25) is 0 Å². The molecule has 0 bridgehead atoms. The summed E-state index contributed by atoms with van der Waals surface area (Å²) in [4.78, 5) is 153. The third kappa shape index (κ3) is 65.6. The van der Waals surface area contributed by atoms with E-state index in [0.717, 1.165) is 25.7 Å². The normalized spacial score (nSPS) is 11.0. The third-order valence-corrected chi connectivity index (χ3v) is 17.7. The van der Waals surface area contributed by atoms with Gasteiger partial charge in [-0.25, -0.2) is 4.79 Å². The number of amides is 4. The fourth-order valence-corrected chi connectivity index (χ4v) is 10.6. The molecule has 0 radical (unpaired) electrons. The van der Waals surface area contributed by atoms with Gasteiger partial charge in [0.05, 0.1) is 87.8 Å². The highest BCUT2D eigenvalue weighted by Crippen LogP contribution is 2.26. The molecular formula is C91H143N7O24. The second kappa shape index (κ2) is 77.9. The van der Waals surface area contributed by atoms with E-state index in [-0.39, 0.29) is 167 Å².